The molecular weight excluding hydrogens is 304 g/mol. The summed E-state index contributed by atoms with van der Waals surface area (Å²) in [5.74, 6) is 0. The highest BCUT2D eigenvalue weighted by Gasteiger charge is 2.57. The zero-order valence-corrected chi connectivity index (χ0v) is 11.8. The summed E-state index contributed by atoms with van der Waals surface area (Å²) in [5, 5.41) is 0. The molecule has 1 aromatic carbocycles. The molecule has 0 atom stereocenters. The first-order chi connectivity index (χ1) is 9.20. The predicted octanol–water partition coefficient (Wildman–Crippen LogP) is 1.50. The van der Waals surface area contributed by atoms with Crippen LogP contribution in [0.15, 0.2) is 48.6 Å². The SMILES string of the molecule is O=S(=O)(O)C1(S(=O)(=O)O)CC=CC=C1c1ccccc1. The topological polar surface area (TPSA) is 109 Å². The molecule has 0 heterocycles. The maximum atomic E-state index is 11.7. The molecule has 6 nitrogen and oxygen atoms in total. The molecule has 2 N–H and O–H groups in total. The monoisotopic (exact) mass is 316 g/mol. The van der Waals surface area contributed by atoms with Crippen molar-refractivity contribution in [2.45, 2.75) is 10.5 Å². The smallest absolute Gasteiger partial charge is 0.284 e. The van der Waals surface area contributed by atoms with Crippen LogP contribution in [0.5, 0.6) is 0 Å². The molecule has 0 amide bonds. The van der Waals surface area contributed by atoms with Crippen LogP contribution in [-0.4, -0.2) is 30.0 Å². The predicted molar refractivity (Wildman–Crippen MR) is 74.0 cm³/mol. The zero-order valence-electron chi connectivity index (χ0n) is 10.2. The minimum Gasteiger partial charge on any atom is -0.284 e. The maximum absolute atomic E-state index is 11.7. The average Bonchev–Trinajstić information content (AvgIpc) is 2.37. The zero-order chi connectivity index (χ0) is 15.0. The Morgan fingerprint density at radius 1 is 0.950 bits per heavy atom. The van der Waals surface area contributed by atoms with E-state index in [0.717, 1.165) is 0 Å². The Hall–Kier alpha value is -1.48. The third kappa shape index (κ3) is 2.20. The number of hydrogen-bond acceptors (Lipinski definition) is 4. The van der Waals surface area contributed by atoms with Crippen molar-refractivity contribution in [3.05, 3.63) is 54.1 Å². The number of allylic oxidation sites excluding steroid dienone is 3. The van der Waals surface area contributed by atoms with Crippen molar-refractivity contribution in [1.29, 1.82) is 0 Å². The van der Waals surface area contributed by atoms with Gasteiger partial charge >= 0.3 is 0 Å². The van der Waals surface area contributed by atoms with E-state index in [-0.39, 0.29) is 11.1 Å². The van der Waals surface area contributed by atoms with Crippen molar-refractivity contribution in [3.8, 4) is 0 Å². The molecule has 1 aliphatic rings. The van der Waals surface area contributed by atoms with Crippen LogP contribution in [0.3, 0.4) is 0 Å². The Kier molecular flexibility index (Phi) is 3.59. The standard InChI is InChI=1S/C12H12O6S2/c13-19(14,15)12(20(16,17)18)9-5-4-8-11(12)10-6-2-1-3-7-10/h1-8H,9H2,(H,13,14,15)(H,16,17,18). The van der Waals surface area contributed by atoms with Gasteiger partial charge in [-0.2, -0.15) is 16.8 Å². The first-order valence-corrected chi connectivity index (χ1v) is 8.45. The molecule has 0 aliphatic heterocycles. The second kappa shape index (κ2) is 4.81. The number of benzene rings is 1. The highest BCUT2D eigenvalue weighted by molar-refractivity contribution is 8.06. The van der Waals surface area contributed by atoms with Crippen LogP contribution >= 0.6 is 0 Å². The van der Waals surface area contributed by atoms with Crippen LogP contribution in [0.25, 0.3) is 5.57 Å². The van der Waals surface area contributed by atoms with Gasteiger partial charge in [-0.15, -0.1) is 0 Å². The quantitative estimate of drug-likeness (QED) is 0.818. The van der Waals surface area contributed by atoms with E-state index in [9.17, 15) is 25.9 Å². The van der Waals surface area contributed by atoms with Crippen molar-refractivity contribution >= 4 is 25.8 Å². The molecule has 0 fully saturated rings. The second-order valence-corrected chi connectivity index (χ2v) is 7.83. The van der Waals surface area contributed by atoms with Crippen LogP contribution < -0.4 is 0 Å². The Bertz CT molecular complexity index is 740. The Morgan fingerprint density at radius 2 is 1.50 bits per heavy atom. The molecule has 1 aliphatic carbocycles. The molecule has 0 bridgehead atoms. The van der Waals surface area contributed by atoms with E-state index in [1.165, 1.54) is 30.4 Å². The number of hydrogen-bond donors (Lipinski definition) is 2. The summed E-state index contributed by atoms with van der Waals surface area (Å²) in [7, 11) is -10.2. The van der Waals surface area contributed by atoms with Crippen molar-refractivity contribution in [1.82, 2.24) is 0 Å². The molecule has 20 heavy (non-hydrogen) atoms. The Morgan fingerprint density at radius 3 is 2.00 bits per heavy atom. The van der Waals surface area contributed by atoms with Crippen molar-refractivity contribution < 1.29 is 25.9 Å². The van der Waals surface area contributed by atoms with E-state index in [1.807, 2.05) is 0 Å². The molecule has 8 heteroatoms. The fourth-order valence-electron chi connectivity index (χ4n) is 2.18. The molecule has 1 aromatic rings. The fraction of sp³-hybridized carbons (Fsp3) is 0.167. The lowest BCUT2D eigenvalue weighted by atomic mass is 9.96. The number of rotatable bonds is 3. The minimum atomic E-state index is -5.10. The van der Waals surface area contributed by atoms with E-state index in [4.69, 9.17) is 0 Å². The van der Waals surface area contributed by atoms with Gasteiger partial charge in [-0.25, -0.2) is 0 Å². The molecule has 0 saturated carbocycles. The van der Waals surface area contributed by atoms with Crippen molar-refractivity contribution in [2.24, 2.45) is 0 Å². The normalized spacial score (nSPS) is 18.6. The summed E-state index contributed by atoms with van der Waals surface area (Å²) >= 11 is 0. The molecule has 108 valence electrons. The minimum absolute atomic E-state index is 0.189. The molecule has 0 aromatic heterocycles. The lowest BCUT2D eigenvalue weighted by Crippen LogP contribution is -2.47. The largest absolute Gasteiger partial charge is 0.292 e. The second-order valence-electron chi connectivity index (χ2n) is 4.28. The lowest BCUT2D eigenvalue weighted by Gasteiger charge is -2.31. The Balaban J connectivity index is 2.82. The molecule has 2 rings (SSSR count). The van der Waals surface area contributed by atoms with Crippen molar-refractivity contribution in [2.75, 3.05) is 0 Å². The third-order valence-corrected chi connectivity index (χ3v) is 6.82. The first-order valence-electron chi connectivity index (χ1n) is 5.57. The summed E-state index contributed by atoms with van der Waals surface area (Å²) in [5.41, 5.74) is 0.0951. The van der Waals surface area contributed by atoms with Gasteiger partial charge in [0.1, 0.15) is 0 Å². The van der Waals surface area contributed by atoms with Crippen LogP contribution in [0.1, 0.15) is 12.0 Å². The lowest BCUT2D eigenvalue weighted by molar-refractivity contribution is 0.440. The molecule has 0 saturated heterocycles. The van der Waals surface area contributed by atoms with Gasteiger partial charge in [-0.1, -0.05) is 48.6 Å². The summed E-state index contributed by atoms with van der Waals surface area (Å²) < 4.78 is 62.8. The average molecular weight is 316 g/mol. The third-order valence-electron chi connectivity index (χ3n) is 3.11. The van der Waals surface area contributed by atoms with Gasteiger partial charge in [0.25, 0.3) is 24.3 Å². The van der Waals surface area contributed by atoms with Crippen LogP contribution in [-0.2, 0) is 20.2 Å². The summed E-state index contributed by atoms with van der Waals surface area (Å²) in [6.45, 7) is 0. The van der Waals surface area contributed by atoms with E-state index < -0.39 is 30.7 Å². The highest BCUT2D eigenvalue weighted by atomic mass is 32.3. The van der Waals surface area contributed by atoms with Gasteiger partial charge in [0.2, 0.25) is 0 Å². The van der Waals surface area contributed by atoms with Gasteiger partial charge < -0.3 is 0 Å². The molecule has 0 spiro atoms. The van der Waals surface area contributed by atoms with Crippen molar-refractivity contribution in [3.63, 3.8) is 0 Å². The van der Waals surface area contributed by atoms with Crippen LogP contribution in [0.2, 0.25) is 0 Å². The van der Waals surface area contributed by atoms with Gasteiger partial charge in [-0.05, 0) is 5.56 Å². The summed E-state index contributed by atoms with van der Waals surface area (Å²) in [4.78, 5) is 0. The first kappa shape index (κ1) is 14.9. The van der Waals surface area contributed by atoms with E-state index >= 15 is 0 Å². The van der Waals surface area contributed by atoms with Gasteiger partial charge in [0.05, 0.1) is 0 Å². The van der Waals surface area contributed by atoms with Crippen LogP contribution in [0, 0.1) is 0 Å². The molecule has 0 radical (unpaired) electrons. The molecular formula is C12H12O6S2. The fourth-order valence-corrected chi connectivity index (χ4v) is 4.79. The Labute approximate surface area is 116 Å². The maximum Gasteiger partial charge on any atom is 0.292 e. The van der Waals surface area contributed by atoms with E-state index in [0.29, 0.717) is 0 Å². The van der Waals surface area contributed by atoms with E-state index in [1.54, 1.807) is 18.2 Å². The summed E-state index contributed by atoms with van der Waals surface area (Å²) in [6.07, 6.45) is 3.41. The van der Waals surface area contributed by atoms with Gasteiger partial charge in [0.15, 0.2) is 0 Å². The summed E-state index contributed by atoms with van der Waals surface area (Å²) in [6, 6.07) is 7.85. The van der Waals surface area contributed by atoms with Gasteiger partial charge in [-0.3, -0.25) is 9.11 Å². The van der Waals surface area contributed by atoms with E-state index in [2.05, 4.69) is 0 Å². The van der Waals surface area contributed by atoms with Crippen LogP contribution in [0.4, 0.5) is 0 Å². The molecule has 0 unspecified atom stereocenters. The van der Waals surface area contributed by atoms with Gasteiger partial charge in [0, 0.05) is 12.0 Å². The highest BCUT2D eigenvalue weighted by Crippen LogP contribution is 2.43.